The molecule has 0 atom stereocenters. The number of piperidine rings is 1. The van der Waals surface area contributed by atoms with Gasteiger partial charge in [-0.25, -0.2) is 4.39 Å². The Morgan fingerprint density at radius 3 is 2.42 bits per heavy atom. The summed E-state index contributed by atoms with van der Waals surface area (Å²) in [6.45, 7) is 8.39. The van der Waals surface area contributed by atoms with Gasteiger partial charge in [0.15, 0.2) is 0 Å². The highest BCUT2D eigenvalue weighted by Crippen LogP contribution is 2.33. The summed E-state index contributed by atoms with van der Waals surface area (Å²) in [5.74, 6) is 0.643. The third-order valence-corrected chi connectivity index (χ3v) is 3.71. The normalized spacial score (nSPS) is 18.6. The van der Waals surface area contributed by atoms with Crippen molar-refractivity contribution in [3.8, 4) is 5.75 Å². The topological polar surface area (TPSA) is 12.5 Å². The summed E-state index contributed by atoms with van der Waals surface area (Å²) in [5.41, 5.74) is 0.842. The average Bonchev–Trinajstić information content (AvgIpc) is 2.33. The molecule has 2 rings (SSSR count). The summed E-state index contributed by atoms with van der Waals surface area (Å²) in [5, 5.41) is 0. The lowest BCUT2D eigenvalue weighted by Crippen LogP contribution is -2.36. The first kappa shape index (κ1) is 14.3. The Labute approximate surface area is 115 Å². The molecule has 3 heteroatoms. The van der Waals surface area contributed by atoms with Gasteiger partial charge >= 0.3 is 0 Å². The Morgan fingerprint density at radius 1 is 1.21 bits per heavy atom. The fourth-order valence-electron chi connectivity index (χ4n) is 2.47. The molecule has 1 aromatic rings. The maximum Gasteiger partial charge on any atom is 0.123 e. The maximum absolute atomic E-state index is 13.4. The van der Waals surface area contributed by atoms with Crippen LogP contribution in [0.4, 0.5) is 4.39 Å². The van der Waals surface area contributed by atoms with Crippen LogP contribution in [0, 0.1) is 5.82 Å². The summed E-state index contributed by atoms with van der Waals surface area (Å²) in [6.07, 6.45) is 2.33. The molecule has 0 saturated carbocycles. The molecule has 1 aliphatic heterocycles. The first-order valence-corrected chi connectivity index (χ1v) is 7.01. The van der Waals surface area contributed by atoms with E-state index in [0.717, 1.165) is 37.2 Å². The highest BCUT2D eigenvalue weighted by Gasteiger charge is 2.23. The van der Waals surface area contributed by atoms with Crippen LogP contribution in [-0.4, -0.2) is 31.1 Å². The molecule has 0 radical (unpaired) electrons. The lowest BCUT2D eigenvalue weighted by molar-refractivity contribution is 0.112. The van der Waals surface area contributed by atoms with Gasteiger partial charge in [-0.3, -0.25) is 0 Å². The van der Waals surface area contributed by atoms with Crippen LogP contribution in [0.2, 0.25) is 0 Å². The molecule has 19 heavy (non-hydrogen) atoms. The molecule has 0 bridgehead atoms. The molecule has 1 saturated heterocycles. The van der Waals surface area contributed by atoms with Crippen molar-refractivity contribution in [3.63, 3.8) is 0 Å². The van der Waals surface area contributed by atoms with Gasteiger partial charge in [-0.1, -0.05) is 20.8 Å². The SMILES string of the molecule is CN1CCC(Oc2ccc(F)cc2C(C)(C)C)CC1. The van der Waals surface area contributed by atoms with Crippen molar-refractivity contribution >= 4 is 0 Å². The first-order chi connectivity index (χ1) is 8.86. The van der Waals surface area contributed by atoms with E-state index in [1.807, 2.05) is 0 Å². The lowest BCUT2D eigenvalue weighted by atomic mass is 9.86. The van der Waals surface area contributed by atoms with Crippen molar-refractivity contribution in [2.24, 2.45) is 0 Å². The second-order valence-corrected chi connectivity index (χ2v) is 6.51. The smallest absolute Gasteiger partial charge is 0.123 e. The second kappa shape index (κ2) is 5.49. The number of likely N-dealkylation sites (tertiary alicyclic amines) is 1. The van der Waals surface area contributed by atoms with Crippen LogP contribution in [0.15, 0.2) is 18.2 Å². The minimum atomic E-state index is -0.194. The van der Waals surface area contributed by atoms with Crippen LogP contribution in [-0.2, 0) is 5.41 Å². The number of hydrogen-bond acceptors (Lipinski definition) is 2. The number of rotatable bonds is 2. The van der Waals surface area contributed by atoms with Crippen molar-refractivity contribution in [2.45, 2.75) is 45.1 Å². The van der Waals surface area contributed by atoms with E-state index in [9.17, 15) is 4.39 Å². The predicted molar refractivity (Wildman–Crippen MR) is 76.2 cm³/mol. The van der Waals surface area contributed by atoms with E-state index in [1.165, 1.54) is 6.07 Å². The number of benzene rings is 1. The van der Waals surface area contributed by atoms with E-state index in [4.69, 9.17) is 4.74 Å². The Hall–Kier alpha value is -1.09. The zero-order chi connectivity index (χ0) is 14.0. The van der Waals surface area contributed by atoms with Crippen LogP contribution in [0.5, 0.6) is 5.75 Å². The summed E-state index contributed by atoms with van der Waals surface area (Å²) < 4.78 is 19.6. The molecule has 106 valence electrons. The molecular formula is C16H24FNO. The second-order valence-electron chi connectivity index (χ2n) is 6.51. The van der Waals surface area contributed by atoms with Crippen LogP contribution in [0.25, 0.3) is 0 Å². The number of hydrogen-bond donors (Lipinski definition) is 0. The summed E-state index contributed by atoms with van der Waals surface area (Å²) >= 11 is 0. The van der Waals surface area contributed by atoms with Crippen molar-refractivity contribution in [1.82, 2.24) is 4.90 Å². The molecule has 0 N–H and O–H groups in total. The Bertz CT molecular complexity index is 431. The van der Waals surface area contributed by atoms with E-state index < -0.39 is 0 Å². The third kappa shape index (κ3) is 3.69. The van der Waals surface area contributed by atoms with Crippen molar-refractivity contribution in [2.75, 3.05) is 20.1 Å². The molecular weight excluding hydrogens is 241 g/mol. The number of ether oxygens (including phenoxy) is 1. The van der Waals surface area contributed by atoms with Gasteiger partial charge in [0, 0.05) is 18.7 Å². The number of halogens is 1. The zero-order valence-electron chi connectivity index (χ0n) is 12.4. The molecule has 0 aliphatic carbocycles. The van der Waals surface area contributed by atoms with Crippen LogP contribution < -0.4 is 4.74 Å². The monoisotopic (exact) mass is 265 g/mol. The van der Waals surface area contributed by atoms with Gasteiger partial charge in [0.25, 0.3) is 0 Å². The predicted octanol–water partition coefficient (Wildman–Crippen LogP) is 3.60. The van der Waals surface area contributed by atoms with Gasteiger partial charge in [-0.2, -0.15) is 0 Å². The van der Waals surface area contributed by atoms with Crippen LogP contribution in [0.1, 0.15) is 39.2 Å². The lowest BCUT2D eigenvalue weighted by Gasteiger charge is -2.31. The summed E-state index contributed by atoms with van der Waals surface area (Å²) in [7, 11) is 2.13. The van der Waals surface area contributed by atoms with Crippen LogP contribution in [0.3, 0.4) is 0 Å². The van der Waals surface area contributed by atoms with Crippen molar-refractivity contribution in [3.05, 3.63) is 29.6 Å². The average molecular weight is 265 g/mol. The molecule has 1 aromatic carbocycles. The minimum Gasteiger partial charge on any atom is -0.490 e. The molecule has 2 nitrogen and oxygen atoms in total. The summed E-state index contributed by atoms with van der Waals surface area (Å²) in [6, 6.07) is 4.86. The molecule has 1 heterocycles. The van der Waals surface area contributed by atoms with Gasteiger partial charge in [-0.15, -0.1) is 0 Å². The van der Waals surface area contributed by atoms with Crippen LogP contribution >= 0.6 is 0 Å². The third-order valence-electron chi connectivity index (χ3n) is 3.71. The van der Waals surface area contributed by atoms with E-state index in [-0.39, 0.29) is 17.3 Å². The van der Waals surface area contributed by atoms with E-state index in [0.29, 0.717) is 0 Å². The van der Waals surface area contributed by atoms with E-state index >= 15 is 0 Å². The zero-order valence-corrected chi connectivity index (χ0v) is 12.4. The fraction of sp³-hybridized carbons (Fsp3) is 0.625. The highest BCUT2D eigenvalue weighted by atomic mass is 19.1. The van der Waals surface area contributed by atoms with Crippen molar-refractivity contribution in [1.29, 1.82) is 0 Å². The fourth-order valence-corrected chi connectivity index (χ4v) is 2.47. The Morgan fingerprint density at radius 2 is 1.84 bits per heavy atom. The first-order valence-electron chi connectivity index (χ1n) is 7.01. The van der Waals surface area contributed by atoms with Crippen molar-refractivity contribution < 1.29 is 9.13 Å². The molecule has 0 aromatic heterocycles. The molecule has 0 amide bonds. The van der Waals surface area contributed by atoms with Gasteiger partial charge in [0.2, 0.25) is 0 Å². The highest BCUT2D eigenvalue weighted by molar-refractivity contribution is 5.39. The Kier molecular flexibility index (Phi) is 4.14. The Balaban J connectivity index is 2.16. The van der Waals surface area contributed by atoms with Gasteiger partial charge in [0.05, 0.1) is 0 Å². The van der Waals surface area contributed by atoms with E-state index in [2.05, 4.69) is 32.7 Å². The number of nitrogens with zero attached hydrogens (tertiary/aromatic N) is 1. The molecule has 0 spiro atoms. The minimum absolute atomic E-state index is 0.108. The maximum atomic E-state index is 13.4. The van der Waals surface area contributed by atoms with Gasteiger partial charge in [0.1, 0.15) is 17.7 Å². The quantitative estimate of drug-likeness (QED) is 0.810. The molecule has 1 aliphatic rings. The largest absolute Gasteiger partial charge is 0.490 e. The molecule has 1 fully saturated rings. The van der Waals surface area contributed by atoms with E-state index in [1.54, 1.807) is 12.1 Å². The summed E-state index contributed by atoms with van der Waals surface area (Å²) in [4.78, 5) is 2.31. The molecule has 0 unspecified atom stereocenters. The standard InChI is InChI=1S/C16H24FNO/c1-16(2,3)14-11-12(17)5-6-15(14)19-13-7-9-18(4)10-8-13/h5-6,11,13H,7-10H2,1-4H3. The van der Waals surface area contributed by atoms with Gasteiger partial charge in [-0.05, 0) is 43.5 Å². The van der Waals surface area contributed by atoms with Gasteiger partial charge < -0.3 is 9.64 Å².